The molecule has 3 heteroatoms. The summed E-state index contributed by atoms with van der Waals surface area (Å²) >= 11 is 0. The monoisotopic (exact) mass is 190 g/mol. The molecule has 0 bridgehead atoms. The molecule has 1 aromatic heterocycles. The van der Waals surface area contributed by atoms with Crippen LogP contribution in [-0.4, -0.2) is 9.55 Å². The van der Waals surface area contributed by atoms with E-state index < -0.39 is 0 Å². The van der Waals surface area contributed by atoms with Gasteiger partial charge in [-0.2, -0.15) is 0 Å². The summed E-state index contributed by atoms with van der Waals surface area (Å²) in [7, 11) is 1.71. The highest BCUT2D eigenvalue weighted by atomic mass is 16.1. The Morgan fingerprint density at radius 3 is 2.64 bits per heavy atom. The van der Waals surface area contributed by atoms with E-state index in [-0.39, 0.29) is 5.56 Å². The number of hydrogen-bond donors (Lipinski definition) is 0. The van der Waals surface area contributed by atoms with Crippen molar-refractivity contribution >= 4 is 12.2 Å². The lowest BCUT2D eigenvalue weighted by Gasteiger charge is -2.06. The quantitative estimate of drug-likeness (QED) is 0.712. The number of aromatic nitrogens is 2. The lowest BCUT2D eigenvalue weighted by molar-refractivity contribution is 0.769. The first-order chi connectivity index (χ1) is 6.61. The van der Waals surface area contributed by atoms with E-state index in [1.807, 2.05) is 13.0 Å². The van der Waals surface area contributed by atoms with Gasteiger partial charge in [-0.25, -0.2) is 4.98 Å². The Morgan fingerprint density at radius 1 is 1.50 bits per heavy atom. The zero-order chi connectivity index (χ0) is 10.7. The number of allylic oxidation sites excluding steroid dienone is 1. The molecular formula is C11H14N2O. The molecule has 0 aliphatic rings. The van der Waals surface area contributed by atoms with Crippen LogP contribution in [0.25, 0.3) is 12.2 Å². The highest BCUT2D eigenvalue weighted by Gasteiger charge is 2.06. The van der Waals surface area contributed by atoms with Gasteiger partial charge in [0.15, 0.2) is 0 Å². The van der Waals surface area contributed by atoms with Crippen molar-refractivity contribution in [3.63, 3.8) is 0 Å². The van der Waals surface area contributed by atoms with E-state index in [1.165, 1.54) is 4.57 Å². The van der Waals surface area contributed by atoms with E-state index in [4.69, 9.17) is 0 Å². The lowest BCUT2D eigenvalue weighted by Crippen LogP contribution is -2.24. The summed E-state index contributed by atoms with van der Waals surface area (Å²) in [6.45, 7) is 7.31. The van der Waals surface area contributed by atoms with Crippen LogP contribution < -0.4 is 5.56 Å². The molecule has 0 saturated carbocycles. The predicted octanol–water partition coefficient (Wildman–Crippen LogP) is 1.76. The molecule has 0 aromatic carbocycles. The highest BCUT2D eigenvalue weighted by Crippen LogP contribution is 2.05. The molecule has 74 valence electrons. The topological polar surface area (TPSA) is 34.9 Å². The lowest BCUT2D eigenvalue weighted by atomic mass is 10.2. The van der Waals surface area contributed by atoms with Crippen molar-refractivity contribution < 1.29 is 0 Å². The van der Waals surface area contributed by atoms with Crippen LogP contribution >= 0.6 is 0 Å². The number of nitrogens with zero attached hydrogens (tertiary/aromatic N) is 2. The van der Waals surface area contributed by atoms with E-state index in [1.54, 1.807) is 26.1 Å². The highest BCUT2D eigenvalue weighted by molar-refractivity contribution is 5.60. The second kappa shape index (κ2) is 4.05. The van der Waals surface area contributed by atoms with Gasteiger partial charge >= 0.3 is 0 Å². The van der Waals surface area contributed by atoms with Crippen molar-refractivity contribution in [1.29, 1.82) is 0 Å². The average Bonchev–Trinajstić information content (AvgIpc) is 2.19. The van der Waals surface area contributed by atoms with E-state index in [9.17, 15) is 4.79 Å². The number of rotatable bonds is 2. The molecule has 0 N–H and O–H groups in total. The smallest absolute Gasteiger partial charge is 0.261 e. The van der Waals surface area contributed by atoms with Crippen LogP contribution in [0.15, 0.2) is 17.4 Å². The van der Waals surface area contributed by atoms with Gasteiger partial charge in [0, 0.05) is 7.05 Å². The summed E-state index contributed by atoms with van der Waals surface area (Å²) in [5.74, 6) is 0.693. The molecule has 0 radical (unpaired) electrons. The Morgan fingerprint density at radius 2 is 2.14 bits per heavy atom. The van der Waals surface area contributed by atoms with Gasteiger partial charge in [-0.3, -0.25) is 9.36 Å². The first-order valence-corrected chi connectivity index (χ1v) is 4.44. The Bertz CT molecular complexity index is 441. The fourth-order valence-electron chi connectivity index (χ4n) is 1.23. The van der Waals surface area contributed by atoms with Crippen molar-refractivity contribution in [3.05, 3.63) is 40.1 Å². The maximum absolute atomic E-state index is 11.8. The molecule has 0 unspecified atom stereocenters. The molecule has 0 aliphatic carbocycles. The summed E-state index contributed by atoms with van der Waals surface area (Å²) in [4.78, 5) is 16.0. The first-order valence-electron chi connectivity index (χ1n) is 4.44. The van der Waals surface area contributed by atoms with Crippen molar-refractivity contribution in [3.8, 4) is 0 Å². The zero-order valence-electron chi connectivity index (χ0n) is 8.74. The molecule has 0 amide bonds. The minimum atomic E-state index is -0.0366. The standard InChI is InChI=1S/C11H14N2O/c1-5-7-9-10(6-2)12-8(3)13(4)11(9)14/h5-7H,2H2,1,3-4H3/b7-5-. The van der Waals surface area contributed by atoms with Gasteiger partial charge in [0.1, 0.15) is 5.82 Å². The molecule has 14 heavy (non-hydrogen) atoms. The van der Waals surface area contributed by atoms with Crippen molar-refractivity contribution in [2.24, 2.45) is 7.05 Å². The van der Waals surface area contributed by atoms with Gasteiger partial charge in [-0.05, 0) is 19.9 Å². The van der Waals surface area contributed by atoms with E-state index in [0.29, 0.717) is 17.1 Å². The second-order valence-electron chi connectivity index (χ2n) is 3.03. The van der Waals surface area contributed by atoms with Crippen LogP contribution in [0, 0.1) is 6.92 Å². The minimum Gasteiger partial charge on any atom is -0.299 e. The van der Waals surface area contributed by atoms with Crippen molar-refractivity contribution in [2.45, 2.75) is 13.8 Å². The van der Waals surface area contributed by atoms with Crippen LogP contribution in [0.4, 0.5) is 0 Å². The molecule has 1 rings (SSSR count). The van der Waals surface area contributed by atoms with Crippen molar-refractivity contribution in [2.75, 3.05) is 0 Å². The fourth-order valence-corrected chi connectivity index (χ4v) is 1.23. The van der Waals surface area contributed by atoms with Gasteiger partial charge < -0.3 is 0 Å². The third-order valence-electron chi connectivity index (χ3n) is 2.11. The maximum atomic E-state index is 11.8. The third-order valence-corrected chi connectivity index (χ3v) is 2.11. The Kier molecular flexibility index (Phi) is 3.02. The van der Waals surface area contributed by atoms with Gasteiger partial charge in [0.05, 0.1) is 11.3 Å². The van der Waals surface area contributed by atoms with E-state index in [2.05, 4.69) is 11.6 Å². The van der Waals surface area contributed by atoms with Crippen LogP contribution in [0.2, 0.25) is 0 Å². The normalized spacial score (nSPS) is 10.8. The summed E-state index contributed by atoms with van der Waals surface area (Å²) in [5.41, 5.74) is 1.20. The number of aryl methyl sites for hydroxylation is 1. The summed E-state index contributed by atoms with van der Waals surface area (Å²) in [6, 6.07) is 0. The SMILES string of the molecule is C=Cc1nc(C)n(C)c(=O)c1/C=C\C. The van der Waals surface area contributed by atoms with Crippen LogP contribution in [-0.2, 0) is 7.05 Å². The largest absolute Gasteiger partial charge is 0.299 e. The summed E-state index contributed by atoms with van der Waals surface area (Å²) in [6.07, 6.45) is 5.18. The molecule has 0 fully saturated rings. The number of hydrogen-bond acceptors (Lipinski definition) is 2. The second-order valence-corrected chi connectivity index (χ2v) is 3.03. The van der Waals surface area contributed by atoms with E-state index in [0.717, 1.165) is 0 Å². The predicted molar refractivity (Wildman–Crippen MR) is 59.0 cm³/mol. The van der Waals surface area contributed by atoms with Gasteiger partial charge in [-0.1, -0.05) is 18.7 Å². The van der Waals surface area contributed by atoms with E-state index >= 15 is 0 Å². The first kappa shape index (κ1) is 10.4. The maximum Gasteiger partial charge on any atom is 0.261 e. The Labute approximate surface area is 83.4 Å². The van der Waals surface area contributed by atoms with Crippen LogP contribution in [0.5, 0.6) is 0 Å². The molecule has 0 spiro atoms. The molecule has 0 aliphatic heterocycles. The Hall–Kier alpha value is -1.64. The average molecular weight is 190 g/mol. The third kappa shape index (κ3) is 1.66. The Balaban J connectivity index is 3.61. The van der Waals surface area contributed by atoms with Gasteiger partial charge in [0.25, 0.3) is 5.56 Å². The van der Waals surface area contributed by atoms with Gasteiger partial charge in [-0.15, -0.1) is 0 Å². The molecule has 1 heterocycles. The minimum absolute atomic E-state index is 0.0366. The molecular weight excluding hydrogens is 176 g/mol. The zero-order valence-corrected chi connectivity index (χ0v) is 8.74. The van der Waals surface area contributed by atoms with Crippen LogP contribution in [0.1, 0.15) is 24.0 Å². The summed E-state index contributed by atoms with van der Waals surface area (Å²) < 4.78 is 1.53. The molecule has 0 atom stereocenters. The molecule has 1 aromatic rings. The van der Waals surface area contributed by atoms with Crippen LogP contribution in [0.3, 0.4) is 0 Å². The molecule has 3 nitrogen and oxygen atoms in total. The summed E-state index contributed by atoms with van der Waals surface area (Å²) in [5, 5.41) is 0. The molecule has 0 saturated heterocycles. The fraction of sp³-hybridized carbons (Fsp3) is 0.273. The van der Waals surface area contributed by atoms with Crippen molar-refractivity contribution in [1.82, 2.24) is 9.55 Å². The van der Waals surface area contributed by atoms with Gasteiger partial charge in [0.2, 0.25) is 0 Å².